The summed E-state index contributed by atoms with van der Waals surface area (Å²) in [6, 6.07) is 8.35. The van der Waals surface area contributed by atoms with Gasteiger partial charge in [0.25, 0.3) is 0 Å². The van der Waals surface area contributed by atoms with Crippen LogP contribution in [0.25, 0.3) is 0 Å². The summed E-state index contributed by atoms with van der Waals surface area (Å²) in [6.45, 7) is 0. The zero-order valence-electron chi connectivity index (χ0n) is 9.66. The third-order valence-electron chi connectivity index (χ3n) is 2.33. The van der Waals surface area contributed by atoms with Crippen LogP contribution in [0.3, 0.4) is 0 Å². The lowest BCUT2D eigenvalue weighted by atomic mass is 10.4. The van der Waals surface area contributed by atoms with Gasteiger partial charge in [0.1, 0.15) is 9.84 Å². The van der Waals surface area contributed by atoms with E-state index >= 15 is 0 Å². The number of sulfone groups is 2. The minimum absolute atomic E-state index is 0.370. The van der Waals surface area contributed by atoms with E-state index in [1.807, 2.05) is 0 Å². The lowest BCUT2D eigenvalue weighted by Gasteiger charge is -1.93. The molecule has 1 fully saturated rings. The van der Waals surface area contributed by atoms with Crippen molar-refractivity contribution in [2.75, 3.05) is 17.8 Å². The highest BCUT2D eigenvalue weighted by molar-refractivity contribution is 7.91. The molecule has 0 aliphatic carbocycles. The molecule has 0 spiro atoms. The van der Waals surface area contributed by atoms with Gasteiger partial charge in [-0.25, -0.2) is 16.8 Å². The smallest absolute Gasteiger partial charge is 0.175 e. The van der Waals surface area contributed by atoms with Crippen LogP contribution in [0.5, 0.6) is 0 Å². The quantitative estimate of drug-likeness (QED) is 0.775. The Bertz CT molecular complexity index is 532. The third-order valence-corrected chi connectivity index (χ3v) is 5.28. The molecule has 1 aromatic rings. The molecule has 0 aromatic heterocycles. The van der Waals surface area contributed by atoms with Gasteiger partial charge in [-0.2, -0.15) is 0 Å². The van der Waals surface area contributed by atoms with E-state index in [-0.39, 0.29) is 0 Å². The Morgan fingerprint density at radius 2 is 1.47 bits per heavy atom. The zero-order valence-corrected chi connectivity index (χ0v) is 11.3. The van der Waals surface area contributed by atoms with E-state index in [0.717, 1.165) is 12.8 Å². The molecular formula is C11H16O4S2. The molecule has 0 unspecified atom stereocenters. The monoisotopic (exact) mass is 276 g/mol. The number of hydrogen-bond acceptors (Lipinski definition) is 4. The van der Waals surface area contributed by atoms with Gasteiger partial charge >= 0.3 is 0 Å². The van der Waals surface area contributed by atoms with Crippen molar-refractivity contribution in [1.82, 2.24) is 0 Å². The molecule has 1 aliphatic heterocycles. The molecule has 0 atom stereocenters. The largest absolute Gasteiger partial charge is 0.229 e. The van der Waals surface area contributed by atoms with Gasteiger partial charge in [0, 0.05) is 6.26 Å². The van der Waals surface area contributed by atoms with E-state index in [9.17, 15) is 16.8 Å². The summed E-state index contributed by atoms with van der Waals surface area (Å²) in [5.74, 6) is 0.847. The summed E-state index contributed by atoms with van der Waals surface area (Å²) >= 11 is 0. The van der Waals surface area contributed by atoms with Gasteiger partial charge in [-0.15, -0.1) is 0 Å². The summed E-state index contributed by atoms with van der Waals surface area (Å²) < 4.78 is 42.5. The Morgan fingerprint density at radius 3 is 1.71 bits per heavy atom. The van der Waals surface area contributed by atoms with E-state index < -0.39 is 19.7 Å². The van der Waals surface area contributed by atoms with Gasteiger partial charge in [-0.05, 0) is 25.0 Å². The second kappa shape index (κ2) is 5.64. The first-order valence-corrected chi connectivity index (χ1v) is 8.98. The van der Waals surface area contributed by atoms with Crippen LogP contribution in [-0.4, -0.2) is 34.6 Å². The first kappa shape index (κ1) is 14.2. The Morgan fingerprint density at radius 1 is 1.00 bits per heavy atom. The predicted octanol–water partition coefficient (Wildman–Crippen LogP) is 1.29. The summed E-state index contributed by atoms with van der Waals surface area (Å²) in [5, 5.41) is 0. The lowest BCUT2D eigenvalue weighted by Crippen LogP contribution is -1.98. The van der Waals surface area contributed by atoms with Crippen molar-refractivity contribution < 1.29 is 16.8 Å². The summed E-state index contributed by atoms with van der Waals surface area (Å²) in [4.78, 5) is 0.370. The van der Waals surface area contributed by atoms with Crippen LogP contribution in [0.15, 0.2) is 35.2 Å². The minimum Gasteiger partial charge on any atom is -0.229 e. The Hall–Kier alpha value is -0.880. The van der Waals surface area contributed by atoms with Crippen LogP contribution in [0.2, 0.25) is 0 Å². The molecule has 2 rings (SSSR count). The average molecular weight is 276 g/mol. The van der Waals surface area contributed by atoms with Crippen molar-refractivity contribution in [3.63, 3.8) is 0 Å². The van der Waals surface area contributed by atoms with Crippen LogP contribution in [0.1, 0.15) is 12.8 Å². The highest BCUT2D eigenvalue weighted by Gasteiger charge is 2.16. The van der Waals surface area contributed by atoms with Gasteiger partial charge < -0.3 is 0 Å². The molecule has 17 heavy (non-hydrogen) atoms. The van der Waals surface area contributed by atoms with Crippen LogP contribution in [-0.2, 0) is 19.7 Å². The van der Waals surface area contributed by atoms with E-state index in [4.69, 9.17) is 0 Å². The molecule has 1 heterocycles. The maximum atomic E-state index is 10.8. The van der Waals surface area contributed by atoms with Gasteiger partial charge in [0.2, 0.25) is 0 Å². The Labute approximate surface area is 103 Å². The highest BCUT2D eigenvalue weighted by atomic mass is 32.2. The number of benzene rings is 1. The first-order valence-electron chi connectivity index (χ1n) is 5.27. The molecule has 0 N–H and O–H groups in total. The zero-order chi connectivity index (χ0) is 12.9. The Balaban J connectivity index is 0.000000181. The van der Waals surface area contributed by atoms with Crippen LogP contribution >= 0.6 is 0 Å². The van der Waals surface area contributed by atoms with Crippen molar-refractivity contribution in [1.29, 1.82) is 0 Å². The molecular weight excluding hydrogens is 260 g/mol. The topological polar surface area (TPSA) is 68.3 Å². The van der Waals surface area contributed by atoms with E-state index in [0.29, 0.717) is 16.4 Å². The van der Waals surface area contributed by atoms with Crippen molar-refractivity contribution in [2.24, 2.45) is 0 Å². The Kier molecular flexibility index (Phi) is 4.70. The summed E-state index contributed by atoms with van der Waals surface area (Å²) in [5.41, 5.74) is 0. The maximum absolute atomic E-state index is 10.8. The fourth-order valence-electron chi connectivity index (χ4n) is 1.41. The maximum Gasteiger partial charge on any atom is 0.175 e. The molecule has 4 nitrogen and oxygen atoms in total. The molecule has 1 aliphatic rings. The molecule has 6 heteroatoms. The second-order valence-electron chi connectivity index (χ2n) is 3.94. The summed E-state index contributed by atoms with van der Waals surface area (Å²) in [6.07, 6.45) is 2.95. The number of rotatable bonds is 1. The normalized spacial score (nSPS) is 18.2. The fraction of sp³-hybridized carbons (Fsp3) is 0.455. The molecule has 0 saturated carbocycles. The SMILES string of the molecule is CS(=O)(=O)c1ccccc1.O=S1(=O)CCCC1. The van der Waals surface area contributed by atoms with Crippen molar-refractivity contribution in [2.45, 2.75) is 17.7 Å². The highest BCUT2D eigenvalue weighted by Crippen LogP contribution is 2.08. The molecule has 0 bridgehead atoms. The van der Waals surface area contributed by atoms with Crippen LogP contribution in [0, 0.1) is 0 Å². The van der Waals surface area contributed by atoms with E-state index in [2.05, 4.69) is 0 Å². The molecule has 96 valence electrons. The minimum atomic E-state index is -3.00. The van der Waals surface area contributed by atoms with Crippen LogP contribution < -0.4 is 0 Å². The number of hydrogen-bond donors (Lipinski definition) is 0. The molecule has 1 saturated heterocycles. The van der Waals surface area contributed by atoms with Crippen molar-refractivity contribution in [3.05, 3.63) is 30.3 Å². The van der Waals surface area contributed by atoms with E-state index in [1.165, 1.54) is 6.26 Å². The standard InChI is InChI=1S/C7H8O2S.C4H8O2S/c1-10(8,9)7-5-3-2-4-6-7;5-7(6)3-1-2-4-7/h2-6H,1H3;1-4H2. The predicted molar refractivity (Wildman–Crippen MR) is 67.4 cm³/mol. The van der Waals surface area contributed by atoms with Crippen LogP contribution in [0.4, 0.5) is 0 Å². The molecule has 1 aromatic carbocycles. The first-order chi connectivity index (χ1) is 7.81. The summed E-state index contributed by atoms with van der Waals surface area (Å²) in [7, 11) is -5.55. The van der Waals surface area contributed by atoms with Gasteiger partial charge in [-0.1, -0.05) is 18.2 Å². The van der Waals surface area contributed by atoms with Gasteiger partial charge in [-0.3, -0.25) is 0 Å². The van der Waals surface area contributed by atoms with Gasteiger partial charge in [0.05, 0.1) is 16.4 Å². The van der Waals surface area contributed by atoms with Crippen molar-refractivity contribution >= 4 is 19.7 Å². The van der Waals surface area contributed by atoms with Gasteiger partial charge in [0.15, 0.2) is 9.84 Å². The van der Waals surface area contributed by atoms with Crippen molar-refractivity contribution in [3.8, 4) is 0 Å². The van der Waals surface area contributed by atoms with E-state index in [1.54, 1.807) is 30.3 Å². The fourth-order valence-corrected chi connectivity index (χ4v) is 3.56. The average Bonchev–Trinajstić information content (AvgIpc) is 2.64. The molecule has 0 amide bonds. The lowest BCUT2D eigenvalue weighted by molar-refractivity contribution is 0.600. The third kappa shape index (κ3) is 5.32. The second-order valence-corrected chi connectivity index (χ2v) is 8.26. The molecule has 0 radical (unpaired) electrons.